The maximum absolute atomic E-state index is 6.21. The Kier molecular flexibility index (Phi) is 6.25. The van der Waals surface area contributed by atoms with E-state index in [4.69, 9.17) is 9.47 Å². The van der Waals surface area contributed by atoms with Crippen LogP contribution in [0.4, 0.5) is 0 Å². The molecule has 0 spiro atoms. The zero-order chi connectivity index (χ0) is 14.4. The lowest BCUT2D eigenvalue weighted by atomic mass is 9.91. The molecule has 0 saturated carbocycles. The third kappa shape index (κ3) is 4.01. The molecular weight excluding hydrogens is 298 g/mol. The van der Waals surface area contributed by atoms with Crippen LogP contribution in [0.25, 0.3) is 0 Å². The van der Waals surface area contributed by atoms with Crippen LogP contribution in [0.5, 0.6) is 5.75 Å². The Labute approximate surface area is 138 Å². The standard InChI is InChI=1S/C18H21NO2.ClH/c1-3-7-16(8-4-1)18(11-12-19-13-14-21-18)15-20-17-9-5-2-6-10-17;/h1-10,19H,11-15H2;1H. The van der Waals surface area contributed by atoms with Crippen molar-refractivity contribution in [1.82, 2.24) is 5.32 Å². The molecule has 2 aromatic carbocycles. The molecule has 0 amide bonds. The van der Waals surface area contributed by atoms with E-state index in [9.17, 15) is 0 Å². The van der Waals surface area contributed by atoms with E-state index in [0.29, 0.717) is 13.2 Å². The highest BCUT2D eigenvalue weighted by Gasteiger charge is 2.35. The zero-order valence-corrected chi connectivity index (χ0v) is 13.4. The van der Waals surface area contributed by atoms with Gasteiger partial charge < -0.3 is 14.8 Å². The molecule has 1 fully saturated rings. The van der Waals surface area contributed by atoms with Crippen LogP contribution in [-0.4, -0.2) is 26.3 Å². The summed E-state index contributed by atoms with van der Waals surface area (Å²) in [5.41, 5.74) is 0.810. The van der Waals surface area contributed by atoms with Gasteiger partial charge in [-0.2, -0.15) is 0 Å². The van der Waals surface area contributed by atoms with Crippen LogP contribution >= 0.6 is 12.4 Å². The van der Waals surface area contributed by atoms with Gasteiger partial charge in [-0.15, -0.1) is 12.4 Å². The van der Waals surface area contributed by atoms with E-state index in [1.165, 1.54) is 5.56 Å². The second-order valence-corrected chi connectivity index (χ2v) is 5.31. The second kappa shape index (κ2) is 8.18. The van der Waals surface area contributed by atoms with Gasteiger partial charge in [0, 0.05) is 6.54 Å². The van der Waals surface area contributed by atoms with E-state index in [1.54, 1.807) is 0 Å². The number of hydrogen-bond acceptors (Lipinski definition) is 3. The van der Waals surface area contributed by atoms with E-state index in [0.717, 1.165) is 25.3 Å². The predicted molar refractivity (Wildman–Crippen MR) is 90.7 cm³/mol. The van der Waals surface area contributed by atoms with Crippen molar-refractivity contribution in [3.63, 3.8) is 0 Å². The first-order valence-corrected chi connectivity index (χ1v) is 7.47. The summed E-state index contributed by atoms with van der Waals surface area (Å²) < 4.78 is 12.2. The van der Waals surface area contributed by atoms with Crippen LogP contribution in [0, 0.1) is 0 Å². The molecule has 1 unspecified atom stereocenters. The molecule has 0 radical (unpaired) electrons. The highest BCUT2D eigenvalue weighted by molar-refractivity contribution is 5.85. The topological polar surface area (TPSA) is 30.5 Å². The smallest absolute Gasteiger partial charge is 0.128 e. The minimum absolute atomic E-state index is 0. The molecule has 118 valence electrons. The van der Waals surface area contributed by atoms with Crippen molar-refractivity contribution >= 4 is 12.4 Å². The molecular formula is C18H22ClNO2. The van der Waals surface area contributed by atoms with E-state index in [1.807, 2.05) is 36.4 Å². The summed E-state index contributed by atoms with van der Waals surface area (Å²) in [6.07, 6.45) is 0.907. The van der Waals surface area contributed by atoms with Gasteiger partial charge in [0.15, 0.2) is 0 Å². The van der Waals surface area contributed by atoms with Gasteiger partial charge in [-0.05, 0) is 30.7 Å². The molecule has 3 rings (SSSR count). The van der Waals surface area contributed by atoms with Crippen molar-refractivity contribution in [1.29, 1.82) is 0 Å². The molecule has 1 aliphatic rings. The molecule has 0 aliphatic carbocycles. The number of halogens is 1. The zero-order valence-electron chi connectivity index (χ0n) is 12.5. The van der Waals surface area contributed by atoms with Crippen molar-refractivity contribution in [3.05, 3.63) is 66.2 Å². The summed E-state index contributed by atoms with van der Waals surface area (Å²) in [6.45, 7) is 3.06. The summed E-state index contributed by atoms with van der Waals surface area (Å²) in [5.74, 6) is 0.883. The van der Waals surface area contributed by atoms with Crippen molar-refractivity contribution in [3.8, 4) is 5.75 Å². The SMILES string of the molecule is Cl.c1ccc(OCC2(c3ccccc3)CCNCCO2)cc1. The third-order valence-corrected chi connectivity index (χ3v) is 3.88. The number of hydrogen-bond donors (Lipinski definition) is 1. The quantitative estimate of drug-likeness (QED) is 0.937. The van der Waals surface area contributed by atoms with Crippen LogP contribution in [0.3, 0.4) is 0 Å². The summed E-state index contributed by atoms with van der Waals surface area (Å²) in [5, 5.41) is 3.39. The first kappa shape index (κ1) is 16.8. The maximum Gasteiger partial charge on any atom is 0.128 e. The highest BCUT2D eigenvalue weighted by atomic mass is 35.5. The van der Waals surface area contributed by atoms with Crippen LogP contribution in [0.2, 0.25) is 0 Å². The number of ether oxygens (including phenoxy) is 2. The van der Waals surface area contributed by atoms with Gasteiger partial charge >= 0.3 is 0 Å². The first-order chi connectivity index (χ1) is 10.4. The molecule has 1 aliphatic heterocycles. The first-order valence-electron chi connectivity index (χ1n) is 7.47. The molecule has 1 atom stereocenters. The molecule has 0 bridgehead atoms. The van der Waals surface area contributed by atoms with Gasteiger partial charge in [-0.3, -0.25) is 0 Å². The summed E-state index contributed by atoms with van der Waals surface area (Å²) in [7, 11) is 0. The fourth-order valence-corrected chi connectivity index (χ4v) is 2.69. The molecule has 3 nitrogen and oxygen atoms in total. The molecule has 1 heterocycles. The number of rotatable bonds is 4. The lowest BCUT2D eigenvalue weighted by molar-refractivity contribution is -0.0724. The largest absolute Gasteiger partial charge is 0.490 e. The Morgan fingerprint density at radius 2 is 1.64 bits per heavy atom. The van der Waals surface area contributed by atoms with Gasteiger partial charge in [0.05, 0.1) is 6.61 Å². The van der Waals surface area contributed by atoms with Crippen molar-refractivity contribution in [2.75, 3.05) is 26.3 Å². The van der Waals surface area contributed by atoms with Gasteiger partial charge in [0.2, 0.25) is 0 Å². The van der Waals surface area contributed by atoms with Crippen molar-refractivity contribution in [2.45, 2.75) is 12.0 Å². The maximum atomic E-state index is 6.21. The van der Waals surface area contributed by atoms with Crippen molar-refractivity contribution < 1.29 is 9.47 Å². The van der Waals surface area contributed by atoms with E-state index in [2.05, 4.69) is 29.6 Å². The Hall–Kier alpha value is -1.55. The third-order valence-electron chi connectivity index (χ3n) is 3.88. The lowest BCUT2D eigenvalue weighted by Gasteiger charge is -2.32. The van der Waals surface area contributed by atoms with Gasteiger partial charge in [-0.25, -0.2) is 0 Å². The average Bonchev–Trinajstić information content (AvgIpc) is 2.81. The van der Waals surface area contributed by atoms with Crippen LogP contribution in [0.1, 0.15) is 12.0 Å². The number of para-hydroxylation sites is 1. The lowest BCUT2D eigenvalue weighted by Crippen LogP contribution is -2.37. The normalized spacial score (nSPS) is 21.5. The Morgan fingerprint density at radius 1 is 0.955 bits per heavy atom. The number of nitrogens with one attached hydrogen (secondary N) is 1. The monoisotopic (exact) mass is 319 g/mol. The fourth-order valence-electron chi connectivity index (χ4n) is 2.69. The molecule has 0 aromatic heterocycles. The molecule has 4 heteroatoms. The van der Waals surface area contributed by atoms with Gasteiger partial charge in [0.1, 0.15) is 18.0 Å². The Bertz CT molecular complexity index is 540. The predicted octanol–water partition coefficient (Wildman–Crippen LogP) is 3.39. The summed E-state index contributed by atoms with van der Waals surface area (Å²) in [6, 6.07) is 20.3. The average molecular weight is 320 g/mol. The fraction of sp³-hybridized carbons (Fsp3) is 0.333. The molecule has 22 heavy (non-hydrogen) atoms. The highest BCUT2D eigenvalue weighted by Crippen LogP contribution is 2.31. The van der Waals surface area contributed by atoms with Crippen molar-refractivity contribution in [2.24, 2.45) is 0 Å². The molecule has 1 saturated heterocycles. The van der Waals surface area contributed by atoms with E-state index >= 15 is 0 Å². The van der Waals surface area contributed by atoms with Crippen LogP contribution in [-0.2, 0) is 10.3 Å². The Morgan fingerprint density at radius 3 is 2.36 bits per heavy atom. The second-order valence-electron chi connectivity index (χ2n) is 5.31. The molecule has 2 aromatic rings. The van der Waals surface area contributed by atoms with Crippen LogP contribution < -0.4 is 10.1 Å². The Balaban J connectivity index is 0.00000176. The summed E-state index contributed by atoms with van der Waals surface area (Å²) >= 11 is 0. The molecule has 1 N–H and O–H groups in total. The van der Waals surface area contributed by atoms with Crippen LogP contribution in [0.15, 0.2) is 60.7 Å². The van der Waals surface area contributed by atoms with E-state index < -0.39 is 0 Å². The minimum Gasteiger partial charge on any atom is -0.490 e. The van der Waals surface area contributed by atoms with Gasteiger partial charge in [0.25, 0.3) is 0 Å². The summed E-state index contributed by atoms with van der Waals surface area (Å²) in [4.78, 5) is 0. The van der Waals surface area contributed by atoms with Gasteiger partial charge in [-0.1, -0.05) is 48.5 Å². The minimum atomic E-state index is -0.374. The van der Waals surface area contributed by atoms with E-state index in [-0.39, 0.29) is 18.0 Å². The number of benzene rings is 2.